The summed E-state index contributed by atoms with van der Waals surface area (Å²) in [5.74, 6) is -0.0468. The summed E-state index contributed by atoms with van der Waals surface area (Å²) in [5.41, 5.74) is 2.46. The Labute approximate surface area is 201 Å². The van der Waals surface area contributed by atoms with Crippen molar-refractivity contribution in [2.24, 2.45) is 0 Å². The number of nitrogens with one attached hydrogen (secondary N) is 2. The fourth-order valence-corrected chi connectivity index (χ4v) is 4.58. The fourth-order valence-electron chi connectivity index (χ4n) is 4.58. The van der Waals surface area contributed by atoms with Crippen molar-refractivity contribution in [3.63, 3.8) is 0 Å². The molecule has 3 aromatic carbocycles. The van der Waals surface area contributed by atoms with E-state index in [1.807, 2.05) is 12.1 Å². The van der Waals surface area contributed by atoms with E-state index in [2.05, 4.69) is 39.3 Å². The van der Waals surface area contributed by atoms with E-state index in [-0.39, 0.29) is 33.2 Å². The van der Waals surface area contributed by atoms with Gasteiger partial charge in [0.25, 0.3) is 5.69 Å². The average molecular weight is 474 g/mol. The molecule has 3 N–H and O–H groups in total. The first-order valence-electron chi connectivity index (χ1n) is 11.6. The van der Waals surface area contributed by atoms with Gasteiger partial charge in [-0.2, -0.15) is 0 Å². The van der Waals surface area contributed by atoms with E-state index in [4.69, 9.17) is 0 Å². The van der Waals surface area contributed by atoms with Crippen LogP contribution in [0.2, 0.25) is 0 Å². The van der Waals surface area contributed by atoms with Gasteiger partial charge in [0.1, 0.15) is 11.3 Å². The van der Waals surface area contributed by atoms with Gasteiger partial charge in [-0.1, -0.05) is 12.1 Å². The van der Waals surface area contributed by atoms with Crippen LogP contribution in [0.3, 0.4) is 0 Å². The molecule has 0 atom stereocenters. The second-order valence-corrected chi connectivity index (χ2v) is 9.04. The number of aromatic amines is 1. The summed E-state index contributed by atoms with van der Waals surface area (Å²) in [7, 11) is 2.15. The highest BCUT2D eigenvalue weighted by Crippen LogP contribution is 2.32. The van der Waals surface area contributed by atoms with Crippen LogP contribution in [0.15, 0.2) is 59.4 Å². The summed E-state index contributed by atoms with van der Waals surface area (Å²) < 4.78 is 0. The minimum absolute atomic E-state index is 0.0468. The number of pyridine rings is 1. The van der Waals surface area contributed by atoms with Crippen LogP contribution < -0.4 is 10.7 Å². The molecular formula is C26H27N5O4. The fraction of sp³-hybridized carbons (Fsp3) is 0.269. The minimum atomic E-state index is -0.510. The number of anilines is 2. The summed E-state index contributed by atoms with van der Waals surface area (Å²) in [5, 5.41) is 25.2. The van der Waals surface area contributed by atoms with Gasteiger partial charge < -0.3 is 25.2 Å². The maximum Gasteiger partial charge on any atom is 0.293 e. The van der Waals surface area contributed by atoms with Crippen LogP contribution in [0.4, 0.5) is 17.1 Å². The van der Waals surface area contributed by atoms with Crippen LogP contribution in [0.5, 0.6) is 5.75 Å². The molecule has 0 spiro atoms. The van der Waals surface area contributed by atoms with E-state index < -0.39 is 4.92 Å². The number of nitro groups is 1. The molecule has 0 bridgehead atoms. The molecule has 9 heteroatoms. The topological polar surface area (TPSA) is 115 Å². The molecule has 35 heavy (non-hydrogen) atoms. The Hall–Kier alpha value is -3.95. The number of phenols is 1. The van der Waals surface area contributed by atoms with Crippen molar-refractivity contribution < 1.29 is 10.0 Å². The predicted octanol–water partition coefficient (Wildman–Crippen LogP) is 3.83. The summed E-state index contributed by atoms with van der Waals surface area (Å²) in [6.45, 7) is 5.39. The zero-order chi connectivity index (χ0) is 24.5. The van der Waals surface area contributed by atoms with Gasteiger partial charge in [0.2, 0.25) is 0 Å². The van der Waals surface area contributed by atoms with Crippen LogP contribution in [0.25, 0.3) is 21.8 Å². The van der Waals surface area contributed by atoms with Gasteiger partial charge in [-0.15, -0.1) is 0 Å². The summed E-state index contributed by atoms with van der Waals surface area (Å²) >= 11 is 0. The Morgan fingerprint density at radius 3 is 2.51 bits per heavy atom. The van der Waals surface area contributed by atoms with Gasteiger partial charge in [0, 0.05) is 49.9 Å². The van der Waals surface area contributed by atoms with Crippen molar-refractivity contribution in [2.45, 2.75) is 6.42 Å². The van der Waals surface area contributed by atoms with Crippen LogP contribution in [0.1, 0.15) is 5.56 Å². The Balaban J connectivity index is 1.43. The maximum atomic E-state index is 13.3. The number of phenolic OH excluding ortho intramolecular Hbond substituents is 1. The third kappa shape index (κ3) is 4.68. The number of piperazine rings is 1. The monoisotopic (exact) mass is 473 g/mol. The molecule has 2 heterocycles. The Morgan fingerprint density at radius 2 is 1.80 bits per heavy atom. The molecular weight excluding hydrogens is 446 g/mol. The van der Waals surface area contributed by atoms with Crippen LogP contribution in [-0.4, -0.2) is 64.6 Å². The first-order valence-corrected chi connectivity index (χ1v) is 11.6. The number of rotatable bonds is 6. The zero-order valence-electron chi connectivity index (χ0n) is 19.5. The van der Waals surface area contributed by atoms with Crippen molar-refractivity contribution in [1.82, 2.24) is 14.8 Å². The lowest BCUT2D eigenvalue weighted by Crippen LogP contribution is -2.45. The predicted molar refractivity (Wildman–Crippen MR) is 138 cm³/mol. The van der Waals surface area contributed by atoms with E-state index in [1.54, 1.807) is 6.07 Å². The van der Waals surface area contributed by atoms with Crippen molar-refractivity contribution in [3.05, 3.63) is 80.5 Å². The molecule has 1 saturated heterocycles. The highest BCUT2D eigenvalue weighted by atomic mass is 16.6. The summed E-state index contributed by atoms with van der Waals surface area (Å²) in [6.07, 6.45) is 0.958. The number of nitro benzene ring substituents is 1. The highest BCUT2D eigenvalue weighted by molar-refractivity contribution is 6.04. The number of aromatic hydroxyl groups is 1. The first-order chi connectivity index (χ1) is 16.9. The highest BCUT2D eigenvalue weighted by Gasteiger charge is 2.20. The first kappa shape index (κ1) is 22.8. The molecule has 1 fully saturated rings. The lowest BCUT2D eigenvalue weighted by molar-refractivity contribution is -0.383. The number of hydrogen-bond acceptors (Lipinski definition) is 7. The molecule has 0 amide bonds. The van der Waals surface area contributed by atoms with E-state index in [0.29, 0.717) is 11.2 Å². The number of nitrogens with zero attached hydrogens (tertiary/aromatic N) is 3. The lowest BCUT2D eigenvalue weighted by atomic mass is 10.1. The van der Waals surface area contributed by atoms with Crippen LogP contribution in [-0.2, 0) is 6.42 Å². The van der Waals surface area contributed by atoms with Gasteiger partial charge in [-0.3, -0.25) is 14.9 Å². The van der Waals surface area contributed by atoms with Crippen molar-refractivity contribution >= 4 is 38.9 Å². The van der Waals surface area contributed by atoms with Crippen LogP contribution in [0, 0.1) is 10.1 Å². The third-order valence-electron chi connectivity index (χ3n) is 6.66. The second kappa shape index (κ2) is 9.36. The standard InChI is InChI=1S/C26H27N5O4/c1-29-12-14-30(15-13-29)11-10-17-2-4-18(5-3-17)27-22-8-9-23(31(34)35)25-24(22)26(33)20-16-19(32)6-7-21(20)28-25/h2-9,16,27,32H,10-15H2,1H3,(H,28,33). The maximum absolute atomic E-state index is 13.3. The van der Waals surface area contributed by atoms with Gasteiger partial charge in [0.15, 0.2) is 5.43 Å². The molecule has 4 aromatic rings. The quantitative estimate of drug-likeness (QED) is 0.221. The van der Waals surface area contributed by atoms with Crippen LogP contribution >= 0.6 is 0 Å². The van der Waals surface area contributed by atoms with E-state index >= 15 is 0 Å². The van der Waals surface area contributed by atoms with E-state index in [9.17, 15) is 20.0 Å². The number of aromatic nitrogens is 1. The molecule has 5 rings (SSSR count). The molecule has 180 valence electrons. The Morgan fingerprint density at radius 1 is 1.06 bits per heavy atom. The van der Waals surface area contributed by atoms with Crippen molar-refractivity contribution in [2.75, 3.05) is 45.1 Å². The molecule has 9 nitrogen and oxygen atoms in total. The molecule has 0 radical (unpaired) electrons. The summed E-state index contributed by atoms with van der Waals surface area (Å²) in [6, 6.07) is 15.3. The summed E-state index contributed by atoms with van der Waals surface area (Å²) in [4.78, 5) is 32.3. The molecule has 0 aliphatic carbocycles. The van der Waals surface area contributed by atoms with Gasteiger partial charge in [0.05, 0.1) is 21.5 Å². The number of non-ortho nitro benzene ring substituents is 1. The second-order valence-electron chi connectivity index (χ2n) is 9.04. The Kier molecular flexibility index (Phi) is 6.10. The minimum Gasteiger partial charge on any atom is -0.508 e. The number of likely N-dealkylation sites (N-methyl/N-ethyl adjacent to an activating group) is 1. The molecule has 1 aromatic heterocycles. The molecule has 0 unspecified atom stereocenters. The zero-order valence-corrected chi connectivity index (χ0v) is 19.5. The van der Waals surface area contributed by atoms with Gasteiger partial charge in [-0.25, -0.2) is 0 Å². The van der Waals surface area contributed by atoms with Gasteiger partial charge in [-0.05, 0) is 55.4 Å². The van der Waals surface area contributed by atoms with E-state index in [0.717, 1.165) is 44.8 Å². The molecule has 1 aliphatic rings. The number of benzene rings is 3. The average Bonchev–Trinajstić information content (AvgIpc) is 2.85. The molecule has 0 saturated carbocycles. The third-order valence-corrected chi connectivity index (χ3v) is 6.66. The number of H-pyrrole nitrogens is 1. The normalized spacial score (nSPS) is 15.0. The largest absolute Gasteiger partial charge is 0.508 e. The SMILES string of the molecule is CN1CCN(CCc2ccc(Nc3ccc([N+](=O)[O-])c4[nH]c5ccc(O)cc5c(=O)c34)cc2)CC1. The Bertz CT molecular complexity index is 1460. The lowest BCUT2D eigenvalue weighted by Gasteiger charge is -2.32. The molecule has 1 aliphatic heterocycles. The number of fused-ring (bicyclic) bond motifs is 2. The van der Waals surface area contributed by atoms with Crippen molar-refractivity contribution in [1.29, 1.82) is 0 Å². The van der Waals surface area contributed by atoms with Crippen molar-refractivity contribution in [3.8, 4) is 5.75 Å². The smallest absolute Gasteiger partial charge is 0.293 e. The van der Waals surface area contributed by atoms with E-state index in [1.165, 1.54) is 29.8 Å². The number of hydrogen-bond donors (Lipinski definition) is 3. The van der Waals surface area contributed by atoms with Gasteiger partial charge >= 0.3 is 0 Å².